The Balaban J connectivity index is 2.33. The second-order valence-electron chi connectivity index (χ2n) is 4.52. The lowest BCUT2D eigenvalue weighted by Gasteiger charge is -2.44. The van der Waals surface area contributed by atoms with Crippen LogP contribution >= 0.6 is 0 Å². The maximum atomic E-state index is 11.7. The molecule has 0 aromatic heterocycles. The van der Waals surface area contributed by atoms with Gasteiger partial charge in [-0.05, 0) is 32.0 Å². The van der Waals surface area contributed by atoms with E-state index in [4.69, 9.17) is 5.73 Å². The Morgan fingerprint density at radius 2 is 2.13 bits per heavy atom. The molecule has 1 saturated heterocycles. The number of β-lactam (4-membered cyclic amide) rings is 1. The maximum Gasteiger partial charge on any atom is 0.234 e. The quantitative estimate of drug-likeness (QED) is 0.414. The molecule has 80 valence electrons. The largest absolute Gasteiger partial charge is 0.506 e. The summed E-state index contributed by atoms with van der Waals surface area (Å²) in [5.41, 5.74) is 6.33. The molecule has 1 amide bonds. The minimum atomic E-state index is -0.322. The van der Waals surface area contributed by atoms with Crippen LogP contribution in [0.2, 0.25) is 0 Å². The van der Waals surface area contributed by atoms with E-state index in [2.05, 4.69) is 0 Å². The first-order chi connectivity index (χ1) is 6.92. The van der Waals surface area contributed by atoms with Crippen LogP contribution in [0.25, 0.3) is 0 Å². The first kappa shape index (κ1) is 9.83. The van der Waals surface area contributed by atoms with Gasteiger partial charge in [-0.25, -0.2) is 0 Å². The van der Waals surface area contributed by atoms with Crippen LogP contribution < -0.4 is 10.6 Å². The summed E-state index contributed by atoms with van der Waals surface area (Å²) >= 11 is 0. The molecule has 3 N–H and O–H groups in total. The van der Waals surface area contributed by atoms with Crippen molar-refractivity contribution in [3.05, 3.63) is 18.2 Å². The van der Waals surface area contributed by atoms with Crippen LogP contribution in [0.5, 0.6) is 5.75 Å². The number of hydrogen-bond donors (Lipinski definition) is 2. The van der Waals surface area contributed by atoms with Gasteiger partial charge in [-0.3, -0.25) is 4.79 Å². The van der Waals surface area contributed by atoms with Gasteiger partial charge in [0.05, 0.1) is 11.1 Å². The number of phenols is 1. The number of amides is 1. The number of nitrogen functional groups attached to an aromatic ring is 1. The SMILES string of the molecule is CC1(C)CN(c2cc(N)ccc2O)C1=O. The van der Waals surface area contributed by atoms with Crippen molar-refractivity contribution in [1.82, 2.24) is 0 Å². The molecule has 1 aliphatic rings. The minimum Gasteiger partial charge on any atom is -0.506 e. The van der Waals surface area contributed by atoms with Crippen LogP contribution in [0.3, 0.4) is 0 Å². The van der Waals surface area contributed by atoms with Crippen LogP contribution in [0.1, 0.15) is 13.8 Å². The highest BCUT2D eigenvalue weighted by molar-refractivity contribution is 6.05. The van der Waals surface area contributed by atoms with Gasteiger partial charge in [-0.15, -0.1) is 0 Å². The number of hydrogen-bond acceptors (Lipinski definition) is 3. The van der Waals surface area contributed by atoms with E-state index in [1.165, 1.54) is 6.07 Å². The summed E-state index contributed by atoms with van der Waals surface area (Å²) in [6, 6.07) is 4.72. The van der Waals surface area contributed by atoms with Gasteiger partial charge in [0.15, 0.2) is 0 Å². The molecular weight excluding hydrogens is 192 g/mol. The number of carbonyl (C=O) groups excluding carboxylic acids is 1. The zero-order valence-electron chi connectivity index (χ0n) is 8.82. The highest BCUT2D eigenvalue weighted by Gasteiger charge is 2.45. The van der Waals surface area contributed by atoms with Gasteiger partial charge >= 0.3 is 0 Å². The van der Waals surface area contributed by atoms with Crippen LogP contribution in [-0.4, -0.2) is 17.6 Å². The van der Waals surface area contributed by atoms with Crippen molar-refractivity contribution in [3.63, 3.8) is 0 Å². The molecule has 15 heavy (non-hydrogen) atoms. The second-order valence-corrected chi connectivity index (χ2v) is 4.52. The molecule has 1 fully saturated rings. The van der Waals surface area contributed by atoms with Crippen molar-refractivity contribution in [3.8, 4) is 5.75 Å². The topological polar surface area (TPSA) is 66.6 Å². The summed E-state index contributed by atoms with van der Waals surface area (Å²) < 4.78 is 0. The third-order valence-corrected chi connectivity index (χ3v) is 2.67. The van der Waals surface area contributed by atoms with Gasteiger partial charge < -0.3 is 15.7 Å². The molecule has 1 aromatic rings. The second kappa shape index (κ2) is 2.89. The van der Waals surface area contributed by atoms with Crippen LogP contribution in [0.15, 0.2) is 18.2 Å². The Bertz CT molecular complexity index is 427. The van der Waals surface area contributed by atoms with Gasteiger partial charge in [-0.1, -0.05) is 0 Å². The lowest BCUT2D eigenvalue weighted by molar-refractivity contribution is -0.132. The first-order valence-electron chi connectivity index (χ1n) is 4.82. The molecule has 0 aliphatic carbocycles. The number of phenolic OH excluding ortho intramolecular Hbond substituents is 1. The van der Waals surface area contributed by atoms with Gasteiger partial charge in [0, 0.05) is 12.2 Å². The summed E-state index contributed by atoms with van der Waals surface area (Å²) in [5, 5.41) is 9.61. The molecule has 1 aromatic carbocycles. The monoisotopic (exact) mass is 206 g/mol. The molecule has 1 heterocycles. The highest BCUT2D eigenvalue weighted by Crippen LogP contribution is 2.39. The van der Waals surface area contributed by atoms with Crippen LogP contribution in [0, 0.1) is 5.41 Å². The number of rotatable bonds is 1. The van der Waals surface area contributed by atoms with E-state index < -0.39 is 0 Å². The fraction of sp³-hybridized carbons (Fsp3) is 0.364. The molecule has 0 bridgehead atoms. The van der Waals surface area contributed by atoms with Crippen LogP contribution in [-0.2, 0) is 4.79 Å². The maximum absolute atomic E-state index is 11.7. The summed E-state index contributed by atoms with van der Waals surface area (Å²) in [6.07, 6.45) is 0. The standard InChI is InChI=1S/C11H14N2O2/c1-11(2)6-13(10(11)15)8-5-7(12)3-4-9(8)14/h3-5,14H,6,12H2,1-2H3. The van der Waals surface area contributed by atoms with Crippen molar-refractivity contribution < 1.29 is 9.90 Å². The Labute approximate surface area is 88.3 Å². The summed E-state index contributed by atoms with van der Waals surface area (Å²) in [6.45, 7) is 4.38. The van der Waals surface area contributed by atoms with E-state index in [1.807, 2.05) is 13.8 Å². The predicted octanol–water partition coefficient (Wildman–Crippen LogP) is 1.35. The zero-order chi connectivity index (χ0) is 11.2. The van der Waals surface area contributed by atoms with E-state index in [1.54, 1.807) is 17.0 Å². The zero-order valence-corrected chi connectivity index (χ0v) is 8.82. The lowest BCUT2D eigenvalue weighted by atomic mass is 9.82. The highest BCUT2D eigenvalue weighted by atomic mass is 16.3. The third-order valence-electron chi connectivity index (χ3n) is 2.67. The molecule has 4 heteroatoms. The average molecular weight is 206 g/mol. The van der Waals surface area contributed by atoms with Crippen molar-refractivity contribution in [2.75, 3.05) is 17.2 Å². The van der Waals surface area contributed by atoms with Crippen molar-refractivity contribution in [2.24, 2.45) is 5.41 Å². The van der Waals surface area contributed by atoms with Gasteiger partial charge in [-0.2, -0.15) is 0 Å². The minimum absolute atomic E-state index is 0.0170. The first-order valence-corrected chi connectivity index (χ1v) is 4.82. The molecule has 2 rings (SSSR count). The predicted molar refractivity (Wildman–Crippen MR) is 58.7 cm³/mol. The molecule has 4 nitrogen and oxygen atoms in total. The molecular formula is C11H14N2O2. The number of benzene rings is 1. The number of anilines is 2. The van der Waals surface area contributed by atoms with Crippen molar-refractivity contribution >= 4 is 17.3 Å². The van der Waals surface area contributed by atoms with E-state index in [0.717, 1.165) is 0 Å². The Kier molecular flexibility index (Phi) is 1.89. The van der Waals surface area contributed by atoms with E-state index in [9.17, 15) is 9.90 Å². The van der Waals surface area contributed by atoms with Gasteiger partial charge in [0.1, 0.15) is 5.75 Å². The van der Waals surface area contributed by atoms with Crippen molar-refractivity contribution in [1.29, 1.82) is 0 Å². The Morgan fingerprint density at radius 1 is 1.47 bits per heavy atom. The van der Waals surface area contributed by atoms with Crippen molar-refractivity contribution in [2.45, 2.75) is 13.8 Å². The number of nitrogens with zero attached hydrogens (tertiary/aromatic N) is 1. The Morgan fingerprint density at radius 3 is 2.67 bits per heavy atom. The normalized spacial score (nSPS) is 18.8. The van der Waals surface area contributed by atoms with Gasteiger partial charge in [0.25, 0.3) is 0 Å². The smallest absolute Gasteiger partial charge is 0.234 e. The van der Waals surface area contributed by atoms with E-state index >= 15 is 0 Å². The molecule has 0 radical (unpaired) electrons. The van der Waals surface area contributed by atoms with E-state index in [-0.39, 0.29) is 17.1 Å². The molecule has 1 aliphatic heterocycles. The van der Waals surface area contributed by atoms with Crippen LogP contribution in [0.4, 0.5) is 11.4 Å². The summed E-state index contributed by atoms with van der Waals surface area (Å²) in [5.74, 6) is 0.108. The number of carbonyl (C=O) groups is 1. The lowest BCUT2D eigenvalue weighted by Crippen LogP contribution is -2.58. The third kappa shape index (κ3) is 1.42. The summed E-state index contributed by atoms with van der Waals surface area (Å²) in [4.78, 5) is 13.3. The fourth-order valence-corrected chi connectivity index (χ4v) is 1.76. The fourth-order valence-electron chi connectivity index (χ4n) is 1.76. The average Bonchev–Trinajstić information content (AvgIpc) is 2.18. The number of nitrogens with two attached hydrogens (primary N) is 1. The van der Waals surface area contributed by atoms with Gasteiger partial charge in [0.2, 0.25) is 5.91 Å². The molecule has 0 unspecified atom stereocenters. The number of aromatic hydroxyl groups is 1. The molecule has 0 atom stereocenters. The molecule has 0 spiro atoms. The molecule has 0 saturated carbocycles. The van der Waals surface area contributed by atoms with E-state index in [0.29, 0.717) is 17.9 Å². The summed E-state index contributed by atoms with van der Waals surface area (Å²) in [7, 11) is 0. The Hall–Kier alpha value is -1.71.